The first-order valence-electron chi connectivity index (χ1n) is 13.7. The van der Waals surface area contributed by atoms with Gasteiger partial charge in [-0.3, -0.25) is 4.79 Å². The third-order valence-electron chi connectivity index (χ3n) is 10.0. The summed E-state index contributed by atoms with van der Waals surface area (Å²) in [5.74, 6) is -1.61. The van der Waals surface area contributed by atoms with Crippen molar-refractivity contribution in [3.8, 4) is 0 Å². The lowest BCUT2D eigenvalue weighted by Crippen LogP contribution is -2.50. The molecule has 206 valence electrons. The van der Waals surface area contributed by atoms with Gasteiger partial charge >= 0.3 is 5.97 Å². The third-order valence-corrected chi connectivity index (χ3v) is 10.0. The Bertz CT molecular complexity index is 979. The minimum atomic E-state index is -1.05. The van der Waals surface area contributed by atoms with Crippen LogP contribution in [-0.4, -0.2) is 78.8 Å². The van der Waals surface area contributed by atoms with Crippen LogP contribution in [0.25, 0.3) is 0 Å². The molecule has 4 fully saturated rings. The standard InChI is InChI=1S/C28H40O9/c1-14-24(29)20(32-4)12-22(34-14)35-16-9-10-27(2)15(11-16)5-6-17-19(27)8-7-18-23-21(36-25(17)30)13-33-28(23,3)37-26(18)31/h5,7,14,16-17,19-24,26,29,31H,6,8-13H2,1-4H3/b18-7+/t14-,16+,17+,19-,20-,21-,22+,23-,24-,26+,27+,28-/m1/s1. The Morgan fingerprint density at radius 2 is 1.97 bits per heavy atom. The Balaban J connectivity index is 1.21. The largest absolute Gasteiger partial charge is 0.459 e. The molecule has 0 amide bonds. The highest BCUT2D eigenvalue weighted by Gasteiger charge is 2.60. The fourth-order valence-corrected chi connectivity index (χ4v) is 7.83. The lowest BCUT2D eigenvalue weighted by molar-refractivity contribution is -0.265. The number of carbonyl (C=O) groups is 1. The summed E-state index contributed by atoms with van der Waals surface area (Å²) in [4.78, 5) is 13.5. The number of esters is 1. The van der Waals surface area contributed by atoms with Crippen LogP contribution in [0.5, 0.6) is 0 Å². The van der Waals surface area contributed by atoms with Gasteiger partial charge in [-0.25, -0.2) is 0 Å². The van der Waals surface area contributed by atoms with Crippen LogP contribution >= 0.6 is 0 Å². The van der Waals surface area contributed by atoms with Crippen molar-refractivity contribution >= 4 is 5.97 Å². The molecular formula is C28H40O9. The van der Waals surface area contributed by atoms with E-state index in [4.69, 9.17) is 28.4 Å². The molecule has 6 aliphatic rings. The van der Waals surface area contributed by atoms with E-state index in [2.05, 4.69) is 19.1 Å². The van der Waals surface area contributed by atoms with E-state index in [1.165, 1.54) is 5.57 Å². The van der Waals surface area contributed by atoms with Gasteiger partial charge in [0.2, 0.25) is 0 Å². The Hall–Kier alpha value is -1.33. The van der Waals surface area contributed by atoms with Crippen molar-refractivity contribution in [1.29, 1.82) is 0 Å². The van der Waals surface area contributed by atoms with E-state index in [1.807, 2.05) is 13.8 Å². The van der Waals surface area contributed by atoms with Crippen LogP contribution in [0.4, 0.5) is 0 Å². The zero-order valence-electron chi connectivity index (χ0n) is 22.1. The molecule has 0 unspecified atom stereocenters. The summed E-state index contributed by atoms with van der Waals surface area (Å²) in [7, 11) is 1.60. The van der Waals surface area contributed by atoms with Gasteiger partial charge in [0.15, 0.2) is 18.4 Å². The summed E-state index contributed by atoms with van der Waals surface area (Å²) in [5, 5.41) is 20.9. The summed E-state index contributed by atoms with van der Waals surface area (Å²) in [6.07, 6.45) is 5.39. The van der Waals surface area contributed by atoms with Crippen molar-refractivity contribution in [3.63, 3.8) is 0 Å². The maximum absolute atomic E-state index is 13.5. The van der Waals surface area contributed by atoms with E-state index in [-0.39, 0.29) is 54.1 Å². The van der Waals surface area contributed by atoms with Crippen molar-refractivity contribution in [2.45, 2.75) is 108 Å². The van der Waals surface area contributed by atoms with Crippen molar-refractivity contribution in [3.05, 3.63) is 23.3 Å². The minimum absolute atomic E-state index is 0.00438. The minimum Gasteiger partial charge on any atom is -0.459 e. The normalized spacial score (nSPS) is 52.9. The van der Waals surface area contributed by atoms with Gasteiger partial charge in [0, 0.05) is 13.5 Å². The van der Waals surface area contributed by atoms with Crippen LogP contribution in [0, 0.1) is 23.2 Å². The van der Waals surface area contributed by atoms with Crippen molar-refractivity contribution < 1.29 is 43.4 Å². The predicted molar refractivity (Wildman–Crippen MR) is 130 cm³/mol. The number of methoxy groups -OCH3 is 1. The lowest BCUT2D eigenvalue weighted by atomic mass is 9.55. The number of carbonyl (C=O) groups excluding carboxylic acids is 1. The van der Waals surface area contributed by atoms with Crippen LogP contribution < -0.4 is 0 Å². The molecule has 4 heterocycles. The van der Waals surface area contributed by atoms with Crippen molar-refractivity contribution in [2.24, 2.45) is 23.2 Å². The average molecular weight is 521 g/mol. The fraction of sp³-hybridized carbons (Fsp3) is 0.821. The van der Waals surface area contributed by atoms with Gasteiger partial charge in [-0.2, -0.15) is 0 Å². The van der Waals surface area contributed by atoms with Gasteiger partial charge in [0.05, 0.1) is 36.8 Å². The molecular weight excluding hydrogens is 480 g/mol. The van der Waals surface area contributed by atoms with Gasteiger partial charge in [-0.15, -0.1) is 0 Å². The molecule has 0 aromatic heterocycles. The monoisotopic (exact) mass is 520 g/mol. The number of hydrogen-bond donors (Lipinski definition) is 2. The molecule has 0 aromatic carbocycles. The van der Waals surface area contributed by atoms with Crippen molar-refractivity contribution in [1.82, 2.24) is 0 Å². The van der Waals surface area contributed by atoms with E-state index in [9.17, 15) is 15.0 Å². The SMILES string of the molecule is CO[C@@H]1C[C@H](O[C@H]2CC[C@@]3(C)C(=CC[C@@H]4C(=O)O[C@@H]5CO[C@]6(C)O[C@H](O)/C(=C/C[C@H]43)[C@H]56)C2)O[C@H](C)[C@H]1O. The Morgan fingerprint density at radius 3 is 2.76 bits per heavy atom. The number of rotatable bonds is 3. The highest BCUT2D eigenvalue weighted by Crippen LogP contribution is 2.56. The molecule has 9 nitrogen and oxygen atoms in total. The Morgan fingerprint density at radius 1 is 1.16 bits per heavy atom. The van der Waals surface area contributed by atoms with Crippen molar-refractivity contribution in [2.75, 3.05) is 13.7 Å². The summed E-state index contributed by atoms with van der Waals surface area (Å²) in [5.41, 5.74) is 1.92. The Labute approximate surface area is 218 Å². The second-order valence-electron chi connectivity index (χ2n) is 12.1. The first kappa shape index (κ1) is 25.9. The summed E-state index contributed by atoms with van der Waals surface area (Å²) in [6, 6.07) is 0. The van der Waals surface area contributed by atoms with Gasteiger partial charge < -0.3 is 38.6 Å². The zero-order valence-corrected chi connectivity index (χ0v) is 22.1. The molecule has 2 N–H and O–H groups in total. The molecule has 0 aromatic rings. The molecule has 0 bridgehead atoms. The van der Waals surface area contributed by atoms with Gasteiger partial charge in [-0.05, 0) is 62.9 Å². The summed E-state index contributed by atoms with van der Waals surface area (Å²) in [6.45, 7) is 6.19. The predicted octanol–water partition coefficient (Wildman–Crippen LogP) is 2.59. The fourth-order valence-electron chi connectivity index (χ4n) is 7.83. The molecule has 0 spiro atoms. The highest BCUT2D eigenvalue weighted by molar-refractivity contribution is 5.74. The second kappa shape index (κ2) is 9.40. The van der Waals surface area contributed by atoms with E-state index < -0.39 is 30.6 Å². The summed E-state index contributed by atoms with van der Waals surface area (Å²) >= 11 is 0. The first-order chi connectivity index (χ1) is 17.6. The van der Waals surface area contributed by atoms with Crippen LogP contribution in [-0.2, 0) is 33.2 Å². The third kappa shape index (κ3) is 4.22. The molecule has 9 heteroatoms. The Kier molecular flexibility index (Phi) is 6.58. The van der Waals surface area contributed by atoms with E-state index >= 15 is 0 Å². The van der Waals surface area contributed by atoms with E-state index in [1.54, 1.807) is 7.11 Å². The lowest BCUT2D eigenvalue weighted by Gasteiger charge is -2.50. The quantitative estimate of drug-likeness (QED) is 0.428. The molecule has 3 saturated heterocycles. The van der Waals surface area contributed by atoms with Gasteiger partial charge in [0.25, 0.3) is 0 Å². The maximum atomic E-state index is 13.5. The molecule has 37 heavy (non-hydrogen) atoms. The smallest absolute Gasteiger partial charge is 0.309 e. The average Bonchev–Trinajstić information content (AvgIpc) is 3.31. The molecule has 2 aliphatic carbocycles. The molecule has 6 rings (SSSR count). The number of allylic oxidation sites excluding steroid dienone is 2. The van der Waals surface area contributed by atoms with E-state index in [0.29, 0.717) is 19.3 Å². The molecule has 12 atom stereocenters. The number of ether oxygens (including phenoxy) is 6. The van der Waals surface area contributed by atoms with Crippen LogP contribution in [0.3, 0.4) is 0 Å². The zero-order chi connectivity index (χ0) is 26.1. The number of aliphatic hydroxyl groups is 2. The number of fused-ring (bicyclic) bond motifs is 3. The molecule has 0 radical (unpaired) electrons. The van der Waals surface area contributed by atoms with E-state index in [0.717, 1.165) is 24.8 Å². The molecule has 4 aliphatic heterocycles. The van der Waals surface area contributed by atoms with Crippen LogP contribution in [0.15, 0.2) is 23.3 Å². The highest BCUT2D eigenvalue weighted by atomic mass is 16.8. The van der Waals surface area contributed by atoms with Crippen LogP contribution in [0.1, 0.15) is 59.3 Å². The molecule has 1 saturated carbocycles. The van der Waals surface area contributed by atoms with Gasteiger partial charge in [-0.1, -0.05) is 24.6 Å². The number of aliphatic hydroxyl groups excluding tert-OH is 2. The summed E-state index contributed by atoms with van der Waals surface area (Å²) < 4.78 is 35.4. The topological polar surface area (TPSA) is 113 Å². The number of hydrogen-bond acceptors (Lipinski definition) is 9. The van der Waals surface area contributed by atoms with Crippen LogP contribution in [0.2, 0.25) is 0 Å². The van der Waals surface area contributed by atoms with Gasteiger partial charge in [0.1, 0.15) is 12.2 Å². The maximum Gasteiger partial charge on any atom is 0.309 e. The second-order valence-corrected chi connectivity index (χ2v) is 12.1. The first-order valence-corrected chi connectivity index (χ1v) is 13.7.